The molecule has 3 aromatic rings. The third kappa shape index (κ3) is 3.22. The predicted octanol–water partition coefficient (Wildman–Crippen LogP) is 2.18. The highest BCUT2D eigenvalue weighted by Gasteiger charge is 2.41. The van der Waals surface area contributed by atoms with Crippen LogP contribution < -0.4 is 0 Å². The molecule has 0 radical (unpaired) electrons. The zero-order valence-electron chi connectivity index (χ0n) is 13.1. The van der Waals surface area contributed by atoms with Crippen LogP contribution >= 0.6 is 0 Å². The standard InChI is InChI=1S/C16H14F3N5O/c1-10(15-14(19)5-20-7-22-15)16(25,6-24-9-21-8-23-24)12-3-2-11(17)4-13(12)18/h2-5,7-10,25H,6H2,1H3/t10-,16-/m1/s1. The van der Waals surface area contributed by atoms with Crippen LogP contribution in [0.2, 0.25) is 0 Å². The number of aliphatic hydroxyl groups is 1. The van der Waals surface area contributed by atoms with Crippen LogP contribution in [0.1, 0.15) is 24.1 Å². The minimum atomic E-state index is -1.96. The van der Waals surface area contributed by atoms with Crippen molar-refractivity contribution < 1.29 is 18.3 Å². The van der Waals surface area contributed by atoms with Crippen molar-refractivity contribution in [1.82, 2.24) is 24.7 Å². The maximum absolute atomic E-state index is 14.4. The van der Waals surface area contributed by atoms with Gasteiger partial charge in [0.1, 0.15) is 36.2 Å². The van der Waals surface area contributed by atoms with Crippen LogP contribution in [0.15, 0.2) is 43.4 Å². The van der Waals surface area contributed by atoms with Crippen LogP contribution in [0.5, 0.6) is 0 Å². The molecule has 2 heterocycles. The first-order valence-electron chi connectivity index (χ1n) is 7.37. The number of hydrogen-bond donors (Lipinski definition) is 1. The number of aromatic nitrogens is 5. The summed E-state index contributed by atoms with van der Waals surface area (Å²) < 4.78 is 43.0. The Hall–Kier alpha value is -2.81. The molecule has 0 unspecified atom stereocenters. The van der Waals surface area contributed by atoms with Gasteiger partial charge in [0, 0.05) is 17.5 Å². The molecule has 1 N–H and O–H groups in total. The van der Waals surface area contributed by atoms with Gasteiger partial charge in [-0.2, -0.15) is 5.10 Å². The quantitative estimate of drug-likeness (QED) is 0.764. The number of rotatable bonds is 5. The van der Waals surface area contributed by atoms with E-state index in [1.54, 1.807) is 0 Å². The third-order valence-corrected chi connectivity index (χ3v) is 4.09. The van der Waals surface area contributed by atoms with Crippen LogP contribution in [0, 0.1) is 17.5 Å². The molecule has 0 spiro atoms. The second kappa shape index (κ2) is 6.60. The molecule has 2 aromatic heterocycles. The molecule has 6 nitrogen and oxygen atoms in total. The van der Waals surface area contributed by atoms with Gasteiger partial charge in [0.05, 0.1) is 18.4 Å². The Kier molecular flexibility index (Phi) is 4.49. The van der Waals surface area contributed by atoms with E-state index >= 15 is 0 Å². The lowest BCUT2D eigenvalue weighted by molar-refractivity contribution is -0.0133. The molecule has 0 aliphatic heterocycles. The number of halogens is 3. The summed E-state index contributed by atoms with van der Waals surface area (Å²) in [4.78, 5) is 11.2. The molecule has 2 atom stereocenters. The van der Waals surface area contributed by atoms with Crippen LogP contribution in [0.25, 0.3) is 0 Å². The number of hydrogen-bond acceptors (Lipinski definition) is 5. The third-order valence-electron chi connectivity index (χ3n) is 4.09. The van der Waals surface area contributed by atoms with Crippen molar-refractivity contribution in [3.8, 4) is 0 Å². The van der Waals surface area contributed by atoms with Crippen molar-refractivity contribution in [3.63, 3.8) is 0 Å². The van der Waals surface area contributed by atoms with Gasteiger partial charge in [-0.3, -0.25) is 0 Å². The van der Waals surface area contributed by atoms with E-state index in [2.05, 4.69) is 20.1 Å². The summed E-state index contributed by atoms with van der Waals surface area (Å²) in [6, 6.07) is 2.80. The van der Waals surface area contributed by atoms with Gasteiger partial charge in [-0.05, 0) is 6.07 Å². The Morgan fingerprint density at radius 3 is 2.60 bits per heavy atom. The monoisotopic (exact) mass is 349 g/mol. The van der Waals surface area contributed by atoms with Crippen molar-refractivity contribution in [2.24, 2.45) is 0 Å². The molecule has 25 heavy (non-hydrogen) atoms. The molecule has 0 aliphatic rings. The van der Waals surface area contributed by atoms with Crippen LogP contribution in [-0.4, -0.2) is 29.8 Å². The van der Waals surface area contributed by atoms with E-state index in [1.807, 2.05) is 0 Å². The molecule has 0 amide bonds. The number of benzene rings is 1. The Bertz CT molecular complexity index is 874. The highest BCUT2D eigenvalue weighted by Crippen LogP contribution is 2.39. The van der Waals surface area contributed by atoms with E-state index in [4.69, 9.17) is 0 Å². The molecule has 0 bridgehead atoms. The summed E-state index contributed by atoms with van der Waals surface area (Å²) >= 11 is 0. The highest BCUT2D eigenvalue weighted by atomic mass is 19.1. The Morgan fingerprint density at radius 2 is 1.96 bits per heavy atom. The average molecular weight is 349 g/mol. The molecule has 9 heteroatoms. The fourth-order valence-electron chi connectivity index (χ4n) is 2.72. The summed E-state index contributed by atoms with van der Waals surface area (Å²) in [6.07, 6.45) is 4.66. The molecular formula is C16H14F3N5O. The van der Waals surface area contributed by atoms with Gasteiger partial charge in [-0.25, -0.2) is 32.8 Å². The molecular weight excluding hydrogens is 335 g/mol. The van der Waals surface area contributed by atoms with Crippen molar-refractivity contribution >= 4 is 0 Å². The minimum absolute atomic E-state index is 0.0960. The first-order chi connectivity index (χ1) is 11.9. The molecule has 0 saturated carbocycles. The second-order valence-electron chi connectivity index (χ2n) is 5.62. The number of nitrogens with zero attached hydrogens (tertiary/aromatic N) is 5. The van der Waals surface area contributed by atoms with Gasteiger partial charge in [0.2, 0.25) is 0 Å². The Balaban J connectivity index is 2.13. The van der Waals surface area contributed by atoms with E-state index in [9.17, 15) is 18.3 Å². The Labute approximate surface area is 141 Å². The van der Waals surface area contributed by atoms with Crippen molar-refractivity contribution in [3.05, 3.63) is 72.1 Å². The van der Waals surface area contributed by atoms with Gasteiger partial charge in [0.15, 0.2) is 5.82 Å². The van der Waals surface area contributed by atoms with Gasteiger partial charge in [-0.1, -0.05) is 13.0 Å². The summed E-state index contributed by atoms with van der Waals surface area (Å²) in [5.41, 5.74) is -2.25. The highest BCUT2D eigenvalue weighted by molar-refractivity contribution is 5.30. The van der Waals surface area contributed by atoms with Crippen LogP contribution in [-0.2, 0) is 12.1 Å². The van der Waals surface area contributed by atoms with E-state index < -0.39 is 29.0 Å². The lowest BCUT2D eigenvalue weighted by atomic mass is 9.79. The second-order valence-corrected chi connectivity index (χ2v) is 5.62. The molecule has 130 valence electrons. The topological polar surface area (TPSA) is 76.7 Å². The molecule has 0 aliphatic carbocycles. The largest absolute Gasteiger partial charge is 0.382 e. The lowest BCUT2D eigenvalue weighted by Crippen LogP contribution is -2.39. The summed E-state index contributed by atoms with van der Waals surface area (Å²) in [6.45, 7) is 1.26. The summed E-state index contributed by atoms with van der Waals surface area (Å²) in [7, 11) is 0. The first-order valence-corrected chi connectivity index (χ1v) is 7.37. The smallest absolute Gasteiger partial charge is 0.163 e. The van der Waals surface area contributed by atoms with E-state index in [-0.39, 0.29) is 17.8 Å². The maximum atomic E-state index is 14.4. The molecule has 0 saturated heterocycles. The first kappa shape index (κ1) is 17.0. The fourth-order valence-corrected chi connectivity index (χ4v) is 2.72. The average Bonchev–Trinajstić information content (AvgIpc) is 3.07. The fraction of sp³-hybridized carbons (Fsp3) is 0.250. The molecule has 3 rings (SSSR count). The van der Waals surface area contributed by atoms with Gasteiger partial charge < -0.3 is 5.11 Å². The summed E-state index contributed by atoms with van der Waals surface area (Å²) in [5.74, 6) is -3.47. The minimum Gasteiger partial charge on any atom is -0.382 e. The normalized spacial score (nSPS) is 14.9. The lowest BCUT2D eigenvalue weighted by Gasteiger charge is -2.34. The Morgan fingerprint density at radius 1 is 1.16 bits per heavy atom. The SMILES string of the molecule is C[C@H](c1ncncc1F)[C@](O)(Cn1cncn1)c1ccc(F)cc1F. The van der Waals surface area contributed by atoms with Crippen molar-refractivity contribution in [2.75, 3.05) is 0 Å². The van der Waals surface area contributed by atoms with Crippen LogP contribution in [0.3, 0.4) is 0 Å². The van der Waals surface area contributed by atoms with E-state index in [0.29, 0.717) is 6.07 Å². The zero-order chi connectivity index (χ0) is 18.0. The van der Waals surface area contributed by atoms with Gasteiger partial charge in [-0.15, -0.1) is 0 Å². The van der Waals surface area contributed by atoms with Crippen LogP contribution in [0.4, 0.5) is 13.2 Å². The molecule has 1 aromatic carbocycles. The van der Waals surface area contributed by atoms with Gasteiger partial charge >= 0.3 is 0 Å². The van der Waals surface area contributed by atoms with Crippen molar-refractivity contribution in [1.29, 1.82) is 0 Å². The van der Waals surface area contributed by atoms with Gasteiger partial charge in [0.25, 0.3) is 0 Å². The predicted molar refractivity (Wildman–Crippen MR) is 80.7 cm³/mol. The molecule has 0 fully saturated rings. The summed E-state index contributed by atoms with van der Waals surface area (Å²) in [5, 5.41) is 15.2. The zero-order valence-corrected chi connectivity index (χ0v) is 13.1. The van der Waals surface area contributed by atoms with Crippen molar-refractivity contribution in [2.45, 2.75) is 25.0 Å². The van der Waals surface area contributed by atoms with E-state index in [1.165, 1.54) is 24.3 Å². The maximum Gasteiger partial charge on any atom is 0.163 e. The van der Waals surface area contributed by atoms with E-state index in [0.717, 1.165) is 24.7 Å².